The van der Waals surface area contributed by atoms with Crippen molar-refractivity contribution in [2.75, 3.05) is 6.54 Å². The Morgan fingerprint density at radius 3 is 2.62 bits per heavy atom. The minimum atomic E-state index is -2.72. The highest BCUT2D eigenvalue weighted by Gasteiger charge is 2.58. The van der Waals surface area contributed by atoms with Crippen LogP contribution in [0, 0.1) is 0 Å². The van der Waals surface area contributed by atoms with Crippen LogP contribution in [0.15, 0.2) is 34.9 Å². The molecule has 7 heteroatoms. The maximum atomic E-state index is 13.7. The molecule has 2 heterocycles. The lowest BCUT2D eigenvalue weighted by atomic mass is 9.89. The molecule has 0 bridgehead atoms. The fraction of sp³-hybridized carbons (Fsp3) is 0.545. The number of carbonyl (C=O) groups excluding carboxylic acids is 1. The molecular formula is C22H26F2N2O3. The minimum absolute atomic E-state index is 0.00296. The molecule has 2 aromatic rings. The Bertz CT molecular complexity index is 919. The lowest BCUT2D eigenvalue weighted by molar-refractivity contribution is 0.0593. The van der Waals surface area contributed by atoms with Gasteiger partial charge >= 0.3 is 0 Å². The average molecular weight is 404 g/mol. The molecule has 1 aromatic carbocycles. The molecule has 4 rings (SSSR count). The largest absolute Gasteiger partial charge is 0.384 e. The molecule has 156 valence electrons. The van der Waals surface area contributed by atoms with Crippen molar-refractivity contribution in [2.24, 2.45) is 0 Å². The Balaban J connectivity index is 1.57. The highest BCUT2D eigenvalue weighted by Crippen LogP contribution is 2.56. The molecule has 1 N–H and O–H groups in total. The molecule has 1 aliphatic carbocycles. The van der Waals surface area contributed by atoms with Gasteiger partial charge in [-0.15, -0.1) is 0 Å². The second kappa shape index (κ2) is 6.90. The monoisotopic (exact) mass is 404 g/mol. The lowest BCUT2D eigenvalue weighted by Gasteiger charge is -2.37. The van der Waals surface area contributed by atoms with Gasteiger partial charge in [-0.3, -0.25) is 4.79 Å². The van der Waals surface area contributed by atoms with Crippen LogP contribution in [0.4, 0.5) is 8.78 Å². The maximum Gasteiger partial charge on any atom is 0.255 e. The Kier molecular flexibility index (Phi) is 4.76. The van der Waals surface area contributed by atoms with Crippen molar-refractivity contribution in [3.63, 3.8) is 0 Å². The van der Waals surface area contributed by atoms with Crippen LogP contribution in [0.2, 0.25) is 0 Å². The van der Waals surface area contributed by atoms with E-state index in [1.165, 1.54) is 0 Å². The highest BCUT2D eigenvalue weighted by atomic mass is 19.3. The first-order chi connectivity index (χ1) is 13.6. The standard InChI is InChI=1S/C22H26F2N2O3/c1-13-8-9-14(18-10-19(25-29-18)21(2,3)28)12-26(13)20(27)16-7-5-4-6-15(16)17-11-22(17,23)24/h4-7,10,13-14,17,28H,8-9,11-12H2,1-3H3/t13-,14-,17?/m1/s1. The van der Waals surface area contributed by atoms with Crippen molar-refractivity contribution in [3.05, 3.63) is 52.9 Å². The van der Waals surface area contributed by atoms with Gasteiger partial charge in [0.2, 0.25) is 0 Å². The summed E-state index contributed by atoms with van der Waals surface area (Å²) in [6.07, 6.45) is 1.40. The second-order valence-corrected chi connectivity index (χ2v) is 8.86. The number of hydrogen-bond acceptors (Lipinski definition) is 4. The van der Waals surface area contributed by atoms with Crippen LogP contribution < -0.4 is 0 Å². The number of aromatic nitrogens is 1. The number of piperidine rings is 1. The first kappa shape index (κ1) is 20.0. The van der Waals surface area contributed by atoms with E-state index in [1.807, 2.05) is 6.92 Å². The van der Waals surface area contributed by atoms with E-state index in [1.54, 1.807) is 49.1 Å². The van der Waals surface area contributed by atoms with Gasteiger partial charge in [-0.1, -0.05) is 23.4 Å². The van der Waals surface area contributed by atoms with E-state index >= 15 is 0 Å². The van der Waals surface area contributed by atoms with Crippen LogP contribution in [0.25, 0.3) is 0 Å². The van der Waals surface area contributed by atoms with Crippen LogP contribution in [-0.4, -0.2) is 39.6 Å². The van der Waals surface area contributed by atoms with Gasteiger partial charge in [-0.25, -0.2) is 8.78 Å². The second-order valence-electron chi connectivity index (χ2n) is 8.86. The molecule has 1 amide bonds. The number of hydrogen-bond donors (Lipinski definition) is 1. The van der Waals surface area contributed by atoms with Gasteiger partial charge in [0.15, 0.2) is 0 Å². The molecule has 5 nitrogen and oxygen atoms in total. The van der Waals surface area contributed by atoms with Crippen LogP contribution in [0.3, 0.4) is 0 Å². The fourth-order valence-electron chi connectivity index (χ4n) is 4.09. The maximum absolute atomic E-state index is 13.7. The topological polar surface area (TPSA) is 66.6 Å². The molecule has 3 atom stereocenters. The van der Waals surface area contributed by atoms with E-state index in [-0.39, 0.29) is 24.3 Å². The quantitative estimate of drug-likeness (QED) is 0.819. The van der Waals surface area contributed by atoms with Crippen molar-refractivity contribution in [3.8, 4) is 0 Å². The van der Waals surface area contributed by atoms with E-state index in [4.69, 9.17) is 4.52 Å². The fourth-order valence-corrected chi connectivity index (χ4v) is 4.09. The average Bonchev–Trinajstić information content (AvgIpc) is 3.06. The molecular weight excluding hydrogens is 378 g/mol. The van der Waals surface area contributed by atoms with Gasteiger partial charge in [0.25, 0.3) is 11.8 Å². The van der Waals surface area contributed by atoms with Gasteiger partial charge in [0.1, 0.15) is 17.1 Å². The summed E-state index contributed by atoms with van der Waals surface area (Å²) in [6, 6.07) is 8.44. The SMILES string of the molecule is C[C@@H]1CC[C@@H](c2cc(C(C)(C)O)no2)CN1C(=O)c1ccccc1C1CC1(F)F. The smallest absolute Gasteiger partial charge is 0.255 e. The predicted molar refractivity (Wildman–Crippen MR) is 103 cm³/mol. The van der Waals surface area contributed by atoms with E-state index < -0.39 is 17.4 Å². The van der Waals surface area contributed by atoms with Crippen molar-refractivity contribution in [1.29, 1.82) is 0 Å². The Labute approximate surface area is 168 Å². The number of carbonyl (C=O) groups is 1. The third-order valence-electron chi connectivity index (χ3n) is 6.09. The van der Waals surface area contributed by atoms with Crippen LogP contribution in [-0.2, 0) is 5.60 Å². The molecule has 2 fully saturated rings. The van der Waals surface area contributed by atoms with Crippen molar-refractivity contribution in [2.45, 2.75) is 69.4 Å². The summed E-state index contributed by atoms with van der Waals surface area (Å²) >= 11 is 0. The van der Waals surface area contributed by atoms with Gasteiger partial charge in [0, 0.05) is 36.6 Å². The third kappa shape index (κ3) is 3.80. The molecule has 1 aliphatic heterocycles. The summed E-state index contributed by atoms with van der Waals surface area (Å²) in [4.78, 5) is 15.1. The summed E-state index contributed by atoms with van der Waals surface area (Å²) in [7, 11) is 0. The van der Waals surface area contributed by atoms with Crippen LogP contribution in [0.1, 0.15) is 79.2 Å². The number of aliphatic hydroxyl groups is 1. The van der Waals surface area contributed by atoms with E-state index in [0.29, 0.717) is 29.1 Å². The predicted octanol–water partition coefficient (Wildman–Crippen LogP) is 4.43. The molecule has 1 saturated heterocycles. The summed E-state index contributed by atoms with van der Waals surface area (Å²) < 4.78 is 32.8. The number of halogens is 2. The number of amides is 1. The number of alkyl halides is 2. The van der Waals surface area contributed by atoms with Gasteiger partial charge < -0.3 is 14.5 Å². The highest BCUT2D eigenvalue weighted by molar-refractivity contribution is 5.96. The van der Waals surface area contributed by atoms with Gasteiger partial charge in [0.05, 0.1) is 5.92 Å². The molecule has 1 saturated carbocycles. The first-order valence-corrected chi connectivity index (χ1v) is 10.0. The minimum Gasteiger partial charge on any atom is -0.384 e. The zero-order valence-corrected chi connectivity index (χ0v) is 16.9. The summed E-state index contributed by atoms with van der Waals surface area (Å²) in [6.45, 7) is 5.68. The summed E-state index contributed by atoms with van der Waals surface area (Å²) in [5, 5.41) is 14.1. The molecule has 29 heavy (non-hydrogen) atoms. The van der Waals surface area contributed by atoms with Crippen molar-refractivity contribution in [1.82, 2.24) is 10.1 Å². The number of rotatable bonds is 4. The van der Waals surface area contributed by atoms with E-state index in [9.17, 15) is 18.7 Å². The molecule has 1 aromatic heterocycles. The van der Waals surface area contributed by atoms with E-state index in [0.717, 1.165) is 12.8 Å². The zero-order chi connectivity index (χ0) is 21.0. The van der Waals surface area contributed by atoms with E-state index in [2.05, 4.69) is 5.16 Å². The lowest BCUT2D eigenvalue weighted by Crippen LogP contribution is -2.45. The Morgan fingerprint density at radius 2 is 2.00 bits per heavy atom. The zero-order valence-electron chi connectivity index (χ0n) is 16.9. The number of nitrogens with zero attached hydrogens (tertiary/aromatic N) is 2. The molecule has 0 radical (unpaired) electrons. The molecule has 1 unspecified atom stereocenters. The third-order valence-corrected chi connectivity index (χ3v) is 6.09. The normalized spacial score (nSPS) is 26.4. The van der Waals surface area contributed by atoms with Gasteiger partial charge in [-0.2, -0.15) is 0 Å². The molecule has 2 aliphatic rings. The summed E-state index contributed by atoms with van der Waals surface area (Å²) in [5.74, 6) is -3.23. The Morgan fingerprint density at radius 1 is 1.31 bits per heavy atom. The molecule has 0 spiro atoms. The van der Waals surface area contributed by atoms with Crippen molar-refractivity contribution < 1.29 is 23.2 Å². The van der Waals surface area contributed by atoms with Gasteiger partial charge in [-0.05, 0) is 45.2 Å². The Hall–Kier alpha value is -2.28. The van der Waals surface area contributed by atoms with Crippen LogP contribution in [0.5, 0.6) is 0 Å². The first-order valence-electron chi connectivity index (χ1n) is 10.0. The summed E-state index contributed by atoms with van der Waals surface area (Å²) in [5.41, 5.74) is 0.135. The number of likely N-dealkylation sites (tertiary alicyclic amines) is 1. The van der Waals surface area contributed by atoms with Crippen LogP contribution >= 0.6 is 0 Å². The number of benzene rings is 1. The van der Waals surface area contributed by atoms with Crippen molar-refractivity contribution >= 4 is 5.91 Å².